The van der Waals surface area contributed by atoms with E-state index in [-0.39, 0.29) is 5.91 Å². The van der Waals surface area contributed by atoms with Crippen LogP contribution in [-0.4, -0.2) is 33.8 Å². The third-order valence-corrected chi connectivity index (χ3v) is 4.99. The number of nitrogens with zero attached hydrogens (tertiary/aromatic N) is 3. The SMILES string of the molecule is COc1ccc(C[C@H](N)C(=O)NCc2nncn2C2CCCCC2)cc1. The van der Waals surface area contributed by atoms with E-state index >= 15 is 0 Å². The first-order valence-corrected chi connectivity index (χ1v) is 9.22. The highest BCUT2D eigenvalue weighted by Crippen LogP contribution is 2.28. The topological polar surface area (TPSA) is 95.1 Å². The standard InChI is InChI=1S/C19H27N5O2/c1-26-16-9-7-14(8-10-16)11-17(20)19(25)21-12-18-23-22-13-24(18)15-5-3-2-4-6-15/h7-10,13,15,17H,2-6,11-12,20H2,1H3,(H,21,25)/t17-/m0/s1. The van der Waals surface area contributed by atoms with Crippen molar-refractivity contribution in [1.82, 2.24) is 20.1 Å². The lowest BCUT2D eigenvalue weighted by molar-refractivity contribution is -0.122. The smallest absolute Gasteiger partial charge is 0.237 e. The predicted octanol–water partition coefficient (Wildman–Crippen LogP) is 1.98. The van der Waals surface area contributed by atoms with Gasteiger partial charge in [-0.15, -0.1) is 10.2 Å². The Morgan fingerprint density at radius 1 is 1.31 bits per heavy atom. The summed E-state index contributed by atoms with van der Waals surface area (Å²) in [6.45, 7) is 0.353. The molecule has 1 aromatic carbocycles. The Labute approximate surface area is 153 Å². The van der Waals surface area contributed by atoms with Crippen LogP contribution in [-0.2, 0) is 17.8 Å². The van der Waals surface area contributed by atoms with Gasteiger partial charge in [-0.1, -0.05) is 31.4 Å². The zero-order chi connectivity index (χ0) is 18.4. The first-order valence-electron chi connectivity index (χ1n) is 9.22. The van der Waals surface area contributed by atoms with E-state index in [1.54, 1.807) is 13.4 Å². The van der Waals surface area contributed by atoms with Crippen molar-refractivity contribution in [2.75, 3.05) is 7.11 Å². The molecule has 0 aliphatic heterocycles. The monoisotopic (exact) mass is 357 g/mol. The Balaban J connectivity index is 1.52. The molecular formula is C19H27N5O2. The second-order valence-corrected chi connectivity index (χ2v) is 6.82. The Kier molecular flexibility index (Phi) is 6.22. The van der Waals surface area contributed by atoms with Crippen LogP contribution in [0.4, 0.5) is 0 Å². The highest BCUT2D eigenvalue weighted by molar-refractivity contribution is 5.81. The summed E-state index contributed by atoms with van der Waals surface area (Å²) in [5.74, 6) is 1.40. The number of methoxy groups -OCH3 is 1. The van der Waals surface area contributed by atoms with E-state index in [1.165, 1.54) is 19.3 Å². The zero-order valence-corrected chi connectivity index (χ0v) is 15.2. The minimum atomic E-state index is -0.602. The van der Waals surface area contributed by atoms with Crippen LogP contribution >= 0.6 is 0 Å². The lowest BCUT2D eigenvalue weighted by Crippen LogP contribution is -2.42. The van der Waals surface area contributed by atoms with E-state index in [9.17, 15) is 4.79 Å². The molecule has 1 fully saturated rings. The molecule has 0 spiro atoms. The Morgan fingerprint density at radius 2 is 2.04 bits per heavy atom. The average molecular weight is 357 g/mol. The molecule has 1 saturated carbocycles. The molecule has 0 radical (unpaired) electrons. The van der Waals surface area contributed by atoms with Crippen LogP contribution in [0.1, 0.15) is 49.5 Å². The zero-order valence-electron chi connectivity index (χ0n) is 15.2. The maximum atomic E-state index is 12.3. The van der Waals surface area contributed by atoms with Gasteiger partial charge in [0.2, 0.25) is 5.91 Å². The first-order chi connectivity index (χ1) is 12.7. The molecule has 7 heteroatoms. The number of aromatic nitrogens is 3. The van der Waals surface area contributed by atoms with Crippen molar-refractivity contribution in [1.29, 1.82) is 0 Å². The molecule has 26 heavy (non-hydrogen) atoms. The molecule has 1 aliphatic carbocycles. The lowest BCUT2D eigenvalue weighted by Gasteiger charge is -2.24. The van der Waals surface area contributed by atoms with Gasteiger partial charge < -0.3 is 20.4 Å². The summed E-state index contributed by atoms with van der Waals surface area (Å²) >= 11 is 0. The number of hydrogen-bond acceptors (Lipinski definition) is 5. The minimum absolute atomic E-state index is 0.181. The van der Waals surface area contributed by atoms with Gasteiger partial charge >= 0.3 is 0 Å². The van der Waals surface area contributed by atoms with Crippen molar-refractivity contribution >= 4 is 5.91 Å². The first kappa shape index (κ1) is 18.4. The van der Waals surface area contributed by atoms with Crippen molar-refractivity contribution < 1.29 is 9.53 Å². The summed E-state index contributed by atoms with van der Waals surface area (Å²) in [5.41, 5.74) is 7.05. The molecule has 7 nitrogen and oxygen atoms in total. The van der Waals surface area contributed by atoms with Crippen molar-refractivity contribution in [2.45, 2.75) is 57.2 Å². The lowest BCUT2D eigenvalue weighted by atomic mass is 9.95. The quantitative estimate of drug-likeness (QED) is 0.790. The number of carbonyl (C=O) groups is 1. The second-order valence-electron chi connectivity index (χ2n) is 6.82. The molecule has 1 amide bonds. The highest BCUT2D eigenvalue weighted by atomic mass is 16.5. The fraction of sp³-hybridized carbons (Fsp3) is 0.526. The Hall–Kier alpha value is -2.41. The van der Waals surface area contributed by atoms with E-state index in [0.29, 0.717) is 19.0 Å². The maximum Gasteiger partial charge on any atom is 0.237 e. The van der Waals surface area contributed by atoms with Gasteiger partial charge in [0.25, 0.3) is 0 Å². The molecule has 1 atom stereocenters. The van der Waals surface area contributed by atoms with E-state index in [0.717, 1.165) is 30.0 Å². The van der Waals surface area contributed by atoms with Crippen molar-refractivity contribution in [3.8, 4) is 5.75 Å². The van der Waals surface area contributed by atoms with Crippen LogP contribution in [0.3, 0.4) is 0 Å². The van der Waals surface area contributed by atoms with Crippen LogP contribution in [0, 0.1) is 0 Å². The van der Waals surface area contributed by atoms with E-state index in [4.69, 9.17) is 10.5 Å². The van der Waals surface area contributed by atoms with Gasteiger partial charge in [0.1, 0.15) is 12.1 Å². The molecule has 1 aliphatic rings. The van der Waals surface area contributed by atoms with Crippen molar-refractivity contribution in [3.63, 3.8) is 0 Å². The molecule has 0 saturated heterocycles. The van der Waals surface area contributed by atoms with Crippen LogP contribution in [0.15, 0.2) is 30.6 Å². The summed E-state index contributed by atoms with van der Waals surface area (Å²) in [7, 11) is 1.63. The largest absolute Gasteiger partial charge is 0.497 e. The third kappa shape index (κ3) is 4.60. The van der Waals surface area contributed by atoms with Gasteiger partial charge in [-0.05, 0) is 37.0 Å². The molecule has 1 heterocycles. The Bertz CT molecular complexity index is 707. The molecule has 0 bridgehead atoms. The molecule has 3 N–H and O–H groups in total. The van der Waals surface area contributed by atoms with Crippen molar-refractivity contribution in [2.24, 2.45) is 5.73 Å². The summed E-state index contributed by atoms with van der Waals surface area (Å²) in [4.78, 5) is 12.3. The molecule has 0 unspecified atom stereocenters. The maximum absolute atomic E-state index is 12.3. The molecule has 2 aromatic rings. The normalized spacial score (nSPS) is 16.2. The van der Waals surface area contributed by atoms with Crippen LogP contribution in [0.5, 0.6) is 5.75 Å². The van der Waals surface area contributed by atoms with Gasteiger partial charge in [0, 0.05) is 6.04 Å². The number of hydrogen-bond donors (Lipinski definition) is 2. The van der Waals surface area contributed by atoms with Crippen LogP contribution < -0.4 is 15.8 Å². The summed E-state index contributed by atoms with van der Waals surface area (Å²) in [6.07, 6.45) is 8.32. The number of nitrogens with two attached hydrogens (primary N) is 1. The third-order valence-electron chi connectivity index (χ3n) is 4.99. The average Bonchev–Trinajstić information content (AvgIpc) is 3.16. The molecule has 140 valence electrons. The van der Waals surface area contributed by atoms with Gasteiger partial charge in [-0.3, -0.25) is 4.79 Å². The van der Waals surface area contributed by atoms with E-state index in [1.807, 2.05) is 24.3 Å². The fourth-order valence-electron chi connectivity index (χ4n) is 3.46. The van der Waals surface area contributed by atoms with Crippen LogP contribution in [0.2, 0.25) is 0 Å². The number of nitrogens with one attached hydrogen (secondary N) is 1. The molecule has 1 aromatic heterocycles. The van der Waals surface area contributed by atoms with Gasteiger partial charge in [-0.2, -0.15) is 0 Å². The van der Waals surface area contributed by atoms with Gasteiger partial charge in [0.05, 0.1) is 19.7 Å². The van der Waals surface area contributed by atoms with Gasteiger partial charge in [-0.25, -0.2) is 0 Å². The number of ether oxygens (including phenoxy) is 1. The highest BCUT2D eigenvalue weighted by Gasteiger charge is 2.20. The number of carbonyl (C=O) groups excluding carboxylic acids is 1. The number of rotatable bonds is 7. The second kappa shape index (κ2) is 8.80. The fourth-order valence-corrected chi connectivity index (χ4v) is 3.46. The molecular weight excluding hydrogens is 330 g/mol. The Morgan fingerprint density at radius 3 is 2.73 bits per heavy atom. The number of amides is 1. The number of benzene rings is 1. The predicted molar refractivity (Wildman–Crippen MR) is 98.7 cm³/mol. The van der Waals surface area contributed by atoms with E-state index < -0.39 is 6.04 Å². The van der Waals surface area contributed by atoms with Crippen LogP contribution in [0.25, 0.3) is 0 Å². The summed E-state index contributed by atoms with van der Waals surface area (Å²) in [5, 5.41) is 11.1. The van der Waals surface area contributed by atoms with E-state index in [2.05, 4.69) is 20.1 Å². The summed E-state index contributed by atoms with van der Waals surface area (Å²) < 4.78 is 7.24. The van der Waals surface area contributed by atoms with Crippen molar-refractivity contribution in [3.05, 3.63) is 42.0 Å². The van der Waals surface area contributed by atoms with Gasteiger partial charge in [0.15, 0.2) is 5.82 Å². The minimum Gasteiger partial charge on any atom is -0.497 e. The summed E-state index contributed by atoms with van der Waals surface area (Å²) in [6, 6.07) is 7.42. The molecule has 3 rings (SSSR count).